The number of esters is 1. The molecule has 0 N–H and O–H groups in total. The van der Waals surface area contributed by atoms with Gasteiger partial charge in [0.1, 0.15) is 0 Å². The largest absolute Gasteiger partial charge is 0.493 e. The van der Waals surface area contributed by atoms with Gasteiger partial charge in [-0.3, -0.25) is 0 Å². The van der Waals surface area contributed by atoms with E-state index in [1.165, 1.54) is 11.8 Å². The monoisotopic (exact) mass is 388 g/mol. The number of hydrogen-bond acceptors (Lipinski definition) is 7. The molecule has 144 valence electrons. The third-order valence-corrected chi connectivity index (χ3v) is 5.23. The minimum absolute atomic E-state index is 0.315. The first-order valence-electron chi connectivity index (χ1n) is 8.91. The van der Waals surface area contributed by atoms with E-state index < -0.39 is 0 Å². The van der Waals surface area contributed by atoms with Gasteiger partial charge >= 0.3 is 5.97 Å². The summed E-state index contributed by atoms with van der Waals surface area (Å²) in [6.07, 6.45) is 1.95. The molecular weight excluding hydrogens is 364 g/mol. The van der Waals surface area contributed by atoms with Gasteiger partial charge in [-0.1, -0.05) is 11.8 Å². The van der Waals surface area contributed by atoms with Crippen LogP contribution in [0.5, 0.6) is 11.5 Å². The van der Waals surface area contributed by atoms with E-state index in [4.69, 9.17) is 14.2 Å². The number of methoxy groups -OCH3 is 1. The Labute approximate surface area is 163 Å². The van der Waals surface area contributed by atoms with Crippen LogP contribution in [0.25, 0.3) is 0 Å². The number of aliphatic imine (C=N–C) groups is 1. The van der Waals surface area contributed by atoms with Gasteiger partial charge in [-0.05, 0) is 56.4 Å². The highest BCUT2D eigenvalue weighted by atomic mass is 32.2. The van der Waals surface area contributed by atoms with Gasteiger partial charge in [-0.15, -0.1) is 0 Å². The van der Waals surface area contributed by atoms with Crippen molar-refractivity contribution in [2.45, 2.75) is 33.7 Å². The van der Waals surface area contributed by atoms with E-state index in [1.807, 2.05) is 49.4 Å². The van der Waals surface area contributed by atoms with E-state index in [-0.39, 0.29) is 12.0 Å². The fourth-order valence-corrected chi connectivity index (χ4v) is 4.07. The first-order valence-corrected chi connectivity index (χ1v) is 9.79. The van der Waals surface area contributed by atoms with E-state index in [9.17, 15) is 4.79 Å². The smallest absolute Gasteiger partial charge is 0.338 e. The Morgan fingerprint density at radius 2 is 2.00 bits per heavy atom. The molecule has 0 bridgehead atoms. The molecule has 2 aliphatic rings. The van der Waals surface area contributed by atoms with E-state index >= 15 is 0 Å². The van der Waals surface area contributed by atoms with Crippen LogP contribution in [0.3, 0.4) is 0 Å². The fourth-order valence-electron chi connectivity index (χ4n) is 3.28. The maximum atomic E-state index is 12.8. The van der Waals surface area contributed by atoms with Gasteiger partial charge in [0, 0.05) is 6.20 Å². The van der Waals surface area contributed by atoms with Crippen LogP contribution in [0, 0.1) is 6.92 Å². The zero-order valence-electron chi connectivity index (χ0n) is 16.2. The lowest BCUT2D eigenvalue weighted by Gasteiger charge is -2.34. The van der Waals surface area contributed by atoms with Crippen LogP contribution < -0.4 is 9.47 Å². The number of fused-ring (bicyclic) bond motifs is 1. The molecule has 0 saturated carbocycles. The number of rotatable bonds is 6. The van der Waals surface area contributed by atoms with Gasteiger partial charge in [0.25, 0.3) is 0 Å². The molecule has 0 saturated heterocycles. The number of allylic oxidation sites excluding steroid dienone is 1. The van der Waals surface area contributed by atoms with E-state index in [1.54, 1.807) is 14.0 Å². The van der Waals surface area contributed by atoms with Gasteiger partial charge in [0.15, 0.2) is 16.7 Å². The molecule has 27 heavy (non-hydrogen) atoms. The van der Waals surface area contributed by atoms with Gasteiger partial charge in [-0.2, -0.15) is 0 Å². The van der Waals surface area contributed by atoms with Crippen molar-refractivity contribution in [1.29, 1.82) is 0 Å². The zero-order valence-corrected chi connectivity index (χ0v) is 17.1. The van der Waals surface area contributed by atoms with Crippen molar-refractivity contribution in [3.8, 4) is 11.5 Å². The predicted octanol–water partition coefficient (Wildman–Crippen LogP) is 4.17. The minimum Gasteiger partial charge on any atom is -0.493 e. The van der Waals surface area contributed by atoms with Gasteiger partial charge in [0.2, 0.25) is 0 Å². The second kappa shape index (κ2) is 8.08. The average Bonchev–Trinajstić information content (AvgIpc) is 3.10. The number of aryl methyl sites for hydroxylation is 1. The Morgan fingerprint density at radius 3 is 2.67 bits per heavy atom. The van der Waals surface area contributed by atoms with Crippen LogP contribution in [0.4, 0.5) is 0 Å². The quantitative estimate of drug-likeness (QED) is 0.682. The normalized spacial score (nSPS) is 18.3. The number of amidine groups is 1. The summed E-state index contributed by atoms with van der Waals surface area (Å²) < 4.78 is 16.6. The fraction of sp³-hybridized carbons (Fsp3) is 0.400. The molecule has 3 rings (SSSR count). The lowest BCUT2D eigenvalue weighted by atomic mass is 9.91. The molecule has 0 aliphatic carbocycles. The van der Waals surface area contributed by atoms with Crippen molar-refractivity contribution in [2.24, 2.45) is 4.99 Å². The number of carbonyl (C=O) groups is 1. The number of nitrogens with zero attached hydrogens (tertiary/aromatic N) is 2. The van der Waals surface area contributed by atoms with Crippen LogP contribution >= 0.6 is 11.8 Å². The zero-order chi connectivity index (χ0) is 19.6. The Hall–Kier alpha value is -2.41. The highest BCUT2D eigenvalue weighted by Gasteiger charge is 2.38. The standard InChI is InChI=1S/C20H24N2O4S/c1-6-25-16-11-14(12(3)10-15(16)24-5)18-17(19(23)26-7-2)13(4)21-20-22(18)8-9-27-20/h8-11,18H,6-7H2,1-5H3/t18-/m0/s1. The summed E-state index contributed by atoms with van der Waals surface area (Å²) in [7, 11) is 1.62. The van der Waals surface area contributed by atoms with Crippen LogP contribution in [-0.2, 0) is 9.53 Å². The summed E-state index contributed by atoms with van der Waals surface area (Å²) in [6.45, 7) is 8.43. The number of benzene rings is 1. The second-order valence-electron chi connectivity index (χ2n) is 6.12. The molecule has 7 heteroatoms. The van der Waals surface area contributed by atoms with Crippen LogP contribution in [0.15, 0.2) is 40.0 Å². The predicted molar refractivity (Wildman–Crippen MR) is 107 cm³/mol. The SMILES string of the molecule is CCOC(=O)C1=C(C)N=C2SC=CN2[C@H]1c1cc(OCC)c(OC)cc1C. The maximum absolute atomic E-state index is 12.8. The average molecular weight is 388 g/mol. The molecule has 0 amide bonds. The van der Waals surface area contributed by atoms with Crippen molar-refractivity contribution >= 4 is 22.9 Å². The highest BCUT2D eigenvalue weighted by molar-refractivity contribution is 8.16. The molecule has 0 fully saturated rings. The Morgan fingerprint density at radius 1 is 1.22 bits per heavy atom. The van der Waals surface area contributed by atoms with E-state index in [0.717, 1.165) is 16.3 Å². The Kier molecular flexibility index (Phi) is 5.79. The molecular formula is C20H24N2O4S. The summed E-state index contributed by atoms with van der Waals surface area (Å²) in [5.74, 6) is 0.982. The lowest BCUT2D eigenvalue weighted by Crippen LogP contribution is -2.34. The van der Waals surface area contributed by atoms with Crippen LogP contribution in [0.2, 0.25) is 0 Å². The summed E-state index contributed by atoms with van der Waals surface area (Å²) in [4.78, 5) is 19.4. The highest BCUT2D eigenvalue weighted by Crippen LogP contribution is 2.44. The molecule has 1 aromatic carbocycles. The summed E-state index contributed by atoms with van der Waals surface area (Å²) in [6, 6.07) is 3.57. The molecule has 1 atom stereocenters. The Bertz CT molecular complexity index is 845. The van der Waals surface area contributed by atoms with Gasteiger partial charge in [-0.25, -0.2) is 9.79 Å². The third kappa shape index (κ3) is 3.56. The number of ether oxygens (including phenoxy) is 3. The third-order valence-electron chi connectivity index (χ3n) is 4.46. The molecule has 0 radical (unpaired) electrons. The number of thioether (sulfide) groups is 1. The molecule has 0 aromatic heterocycles. The van der Waals surface area contributed by atoms with Crippen molar-refractivity contribution in [1.82, 2.24) is 4.90 Å². The summed E-state index contributed by atoms with van der Waals surface area (Å²) >= 11 is 1.54. The van der Waals surface area contributed by atoms with E-state index in [2.05, 4.69) is 4.99 Å². The molecule has 1 aromatic rings. The van der Waals surface area contributed by atoms with Crippen molar-refractivity contribution < 1.29 is 19.0 Å². The molecule has 2 heterocycles. The Balaban J connectivity index is 2.17. The maximum Gasteiger partial charge on any atom is 0.338 e. The van der Waals surface area contributed by atoms with Crippen LogP contribution in [0.1, 0.15) is 37.9 Å². The minimum atomic E-state index is -0.346. The first kappa shape index (κ1) is 19.4. The van der Waals surface area contributed by atoms with E-state index in [0.29, 0.717) is 36.0 Å². The summed E-state index contributed by atoms with van der Waals surface area (Å²) in [5.41, 5.74) is 3.18. The summed E-state index contributed by atoms with van der Waals surface area (Å²) in [5, 5.41) is 2.81. The molecule has 2 aliphatic heterocycles. The first-order chi connectivity index (χ1) is 13.0. The number of hydrogen-bond donors (Lipinski definition) is 0. The van der Waals surface area contributed by atoms with Gasteiger partial charge < -0.3 is 19.1 Å². The number of carbonyl (C=O) groups excluding carboxylic acids is 1. The van der Waals surface area contributed by atoms with Crippen molar-refractivity contribution in [3.05, 3.63) is 46.1 Å². The van der Waals surface area contributed by atoms with Crippen LogP contribution in [-0.4, -0.2) is 36.4 Å². The topological polar surface area (TPSA) is 60.4 Å². The molecule has 0 unspecified atom stereocenters. The van der Waals surface area contributed by atoms with Crippen molar-refractivity contribution in [2.75, 3.05) is 20.3 Å². The van der Waals surface area contributed by atoms with Crippen molar-refractivity contribution in [3.63, 3.8) is 0 Å². The van der Waals surface area contributed by atoms with Gasteiger partial charge in [0.05, 0.1) is 37.6 Å². The molecule has 6 nitrogen and oxygen atoms in total. The lowest BCUT2D eigenvalue weighted by molar-refractivity contribution is -0.139. The molecule has 0 spiro atoms. The second-order valence-corrected chi connectivity index (χ2v) is 6.99.